The van der Waals surface area contributed by atoms with Crippen LogP contribution in [0.2, 0.25) is 0 Å². The van der Waals surface area contributed by atoms with Crippen LogP contribution in [0.4, 0.5) is 0 Å². The Morgan fingerprint density at radius 3 is 1.57 bits per heavy atom. The third-order valence-electron chi connectivity index (χ3n) is 10.7. The van der Waals surface area contributed by atoms with Crippen molar-refractivity contribution in [2.24, 2.45) is 0 Å². The molecule has 4 aromatic heterocycles. The van der Waals surface area contributed by atoms with Gasteiger partial charge in [0.2, 0.25) is 0 Å². The van der Waals surface area contributed by atoms with E-state index in [4.69, 9.17) is 15.0 Å². The van der Waals surface area contributed by atoms with Crippen LogP contribution in [0.5, 0.6) is 0 Å². The molecule has 0 spiro atoms. The van der Waals surface area contributed by atoms with E-state index in [0.717, 1.165) is 72.6 Å². The smallest absolute Gasteiger partial charge is 0.160 e. The van der Waals surface area contributed by atoms with E-state index < -0.39 is 0 Å². The van der Waals surface area contributed by atoms with Crippen molar-refractivity contribution in [3.63, 3.8) is 0 Å². The molecular formula is C48H33N5. The number of aromatic nitrogens is 5. The van der Waals surface area contributed by atoms with Gasteiger partial charge in [-0.1, -0.05) is 111 Å². The molecule has 5 heteroatoms. The second-order valence-corrected chi connectivity index (χ2v) is 14.1. The third kappa shape index (κ3) is 5.04. The molecule has 5 nitrogen and oxygen atoms in total. The summed E-state index contributed by atoms with van der Waals surface area (Å²) in [4.78, 5) is 24.0. The van der Waals surface area contributed by atoms with Crippen LogP contribution in [0.3, 0.4) is 0 Å². The van der Waals surface area contributed by atoms with E-state index in [1.54, 1.807) is 12.4 Å². The second-order valence-electron chi connectivity index (χ2n) is 14.1. The Kier molecular flexibility index (Phi) is 7.08. The van der Waals surface area contributed by atoms with Crippen LogP contribution in [0.15, 0.2) is 164 Å². The summed E-state index contributed by atoms with van der Waals surface area (Å²) in [5, 5.41) is 4.59. The SMILES string of the molecule is CC1(C)c2ccccc2-c2cnc(-c3c4ccccc4c(-c4ccc(-c5cc(-c6ccncc6)cc(-c6ccncc6)n5)cc4)c4ccccc34)nc21. The fourth-order valence-electron chi connectivity index (χ4n) is 8.11. The van der Waals surface area contributed by atoms with E-state index in [9.17, 15) is 0 Å². The van der Waals surface area contributed by atoms with E-state index in [1.165, 1.54) is 27.5 Å². The molecule has 0 amide bonds. The van der Waals surface area contributed by atoms with Gasteiger partial charge < -0.3 is 0 Å². The molecule has 0 unspecified atom stereocenters. The number of nitrogens with zero attached hydrogens (tertiary/aromatic N) is 5. The molecule has 9 aromatic rings. The number of hydrogen-bond acceptors (Lipinski definition) is 5. The highest BCUT2D eigenvalue weighted by Gasteiger charge is 2.37. The largest absolute Gasteiger partial charge is 0.265 e. The maximum absolute atomic E-state index is 5.37. The predicted octanol–water partition coefficient (Wildman–Crippen LogP) is 11.6. The molecule has 250 valence electrons. The topological polar surface area (TPSA) is 64.5 Å². The Labute approximate surface area is 307 Å². The van der Waals surface area contributed by atoms with Gasteiger partial charge in [0.15, 0.2) is 5.82 Å². The summed E-state index contributed by atoms with van der Waals surface area (Å²) in [7, 11) is 0. The molecule has 4 heterocycles. The minimum atomic E-state index is -0.220. The van der Waals surface area contributed by atoms with Crippen LogP contribution in [-0.2, 0) is 5.41 Å². The summed E-state index contributed by atoms with van der Waals surface area (Å²) >= 11 is 0. The first-order valence-electron chi connectivity index (χ1n) is 17.9. The van der Waals surface area contributed by atoms with Gasteiger partial charge in [-0.15, -0.1) is 0 Å². The van der Waals surface area contributed by atoms with E-state index >= 15 is 0 Å². The lowest BCUT2D eigenvalue weighted by atomic mass is 9.85. The van der Waals surface area contributed by atoms with Crippen LogP contribution < -0.4 is 0 Å². The summed E-state index contributed by atoms with van der Waals surface area (Å²) in [6, 6.07) is 47.1. The molecule has 10 rings (SSSR count). The molecule has 0 saturated heterocycles. The number of benzene rings is 5. The molecule has 0 radical (unpaired) electrons. The second kappa shape index (κ2) is 12.1. The van der Waals surface area contributed by atoms with E-state index in [1.807, 2.05) is 42.9 Å². The van der Waals surface area contributed by atoms with Crippen molar-refractivity contribution in [1.82, 2.24) is 24.9 Å². The van der Waals surface area contributed by atoms with Gasteiger partial charge in [-0.05, 0) is 91.3 Å². The molecule has 0 fully saturated rings. The van der Waals surface area contributed by atoms with Gasteiger partial charge in [-0.2, -0.15) is 0 Å². The number of rotatable bonds is 5. The summed E-state index contributed by atoms with van der Waals surface area (Å²) in [6.07, 6.45) is 9.29. The molecule has 5 aromatic carbocycles. The van der Waals surface area contributed by atoms with E-state index in [0.29, 0.717) is 0 Å². The van der Waals surface area contributed by atoms with Gasteiger partial charge in [0.05, 0.1) is 17.1 Å². The van der Waals surface area contributed by atoms with Gasteiger partial charge in [0, 0.05) is 58.7 Å². The Bertz CT molecular complexity index is 2730. The minimum Gasteiger partial charge on any atom is -0.265 e. The third-order valence-corrected chi connectivity index (χ3v) is 10.7. The van der Waals surface area contributed by atoms with Crippen molar-refractivity contribution in [3.05, 3.63) is 176 Å². The van der Waals surface area contributed by atoms with E-state index in [-0.39, 0.29) is 5.41 Å². The summed E-state index contributed by atoms with van der Waals surface area (Å²) in [6.45, 7) is 4.53. The maximum Gasteiger partial charge on any atom is 0.160 e. The lowest BCUT2D eigenvalue weighted by Crippen LogP contribution is -2.17. The maximum atomic E-state index is 5.37. The van der Waals surface area contributed by atoms with Crippen molar-refractivity contribution in [2.45, 2.75) is 19.3 Å². The van der Waals surface area contributed by atoms with Crippen molar-refractivity contribution in [1.29, 1.82) is 0 Å². The zero-order valence-electron chi connectivity index (χ0n) is 29.3. The number of pyridine rings is 3. The molecule has 53 heavy (non-hydrogen) atoms. The Morgan fingerprint density at radius 2 is 0.943 bits per heavy atom. The molecule has 0 aliphatic heterocycles. The van der Waals surface area contributed by atoms with Crippen LogP contribution >= 0.6 is 0 Å². The van der Waals surface area contributed by atoms with Crippen molar-refractivity contribution < 1.29 is 0 Å². The van der Waals surface area contributed by atoms with Crippen LogP contribution in [-0.4, -0.2) is 24.9 Å². The Hall–Kier alpha value is -6.85. The zero-order valence-corrected chi connectivity index (χ0v) is 29.3. The van der Waals surface area contributed by atoms with Crippen LogP contribution in [0, 0.1) is 0 Å². The molecule has 1 aliphatic carbocycles. The van der Waals surface area contributed by atoms with E-state index in [2.05, 4.69) is 133 Å². The fraction of sp³-hybridized carbons (Fsp3) is 0.0625. The molecule has 0 atom stereocenters. The predicted molar refractivity (Wildman–Crippen MR) is 215 cm³/mol. The molecule has 1 aliphatic rings. The van der Waals surface area contributed by atoms with Gasteiger partial charge in [-0.3, -0.25) is 9.97 Å². The van der Waals surface area contributed by atoms with Crippen molar-refractivity contribution in [3.8, 4) is 67.3 Å². The average molecular weight is 680 g/mol. The highest BCUT2D eigenvalue weighted by atomic mass is 14.9. The minimum absolute atomic E-state index is 0.220. The van der Waals surface area contributed by atoms with Gasteiger partial charge in [0.25, 0.3) is 0 Å². The lowest BCUT2D eigenvalue weighted by Gasteiger charge is -2.21. The summed E-state index contributed by atoms with van der Waals surface area (Å²) < 4.78 is 0. The van der Waals surface area contributed by atoms with Crippen molar-refractivity contribution in [2.75, 3.05) is 0 Å². The first kappa shape index (κ1) is 30.9. The van der Waals surface area contributed by atoms with Crippen molar-refractivity contribution >= 4 is 21.5 Å². The molecular weight excluding hydrogens is 647 g/mol. The lowest BCUT2D eigenvalue weighted by molar-refractivity contribution is 0.636. The number of hydrogen-bond donors (Lipinski definition) is 0. The normalized spacial score (nSPS) is 12.9. The molecule has 0 N–H and O–H groups in total. The highest BCUT2D eigenvalue weighted by molar-refractivity contribution is 6.20. The fourth-order valence-corrected chi connectivity index (χ4v) is 8.11. The summed E-state index contributed by atoms with van der Waals surface area (Å²) in [5.41, 5.74) is 13.9. The van der Waals surface area contributed by atoms with Gasteiger partial charge in [-0.25, -0.2) is 15.0 Å². The number of fused-ring (bicyclic) bond motifs is 5. The molecule has 0 saturated carbocycles. The average Bonchev–Trinajstić information content (AvgIpc) is 3.45. The Morgan fingerprint density at radius 1 is 0.434 bits per heavy atom. The first-order valence-corrected chi connectivity index (χ1v) is 17.9. The first-order chi connectivity index (χ1) is 26.0. The quantitative estimate of drug-likeness (QED) is 0.169. The van der Waals surface area contributed by atoms with Gasteiger partial charge in [0.1, 0.15) is 0 Å². The monoisotopic (exact) mass is 679 g/mol. The summed E-state index contributed by atoms with van der Waals surface area (Å²) in [5.74, 6) is 0.754. The van der Waals surface area contributed by atoms with Crippen LogP contribution in [0.25, 0.3) is 88.8 Å². The standard InChI is InChI=1S/C48H33N5/c1-48(2)41-14-8-7-9-35(41)40-29-51-47(53-46(40)48)45-38-12-5-3-10-36(38)44(37-11-4-6-13-39(37)45)33-17-15-31(16-18-33)42-27-34(30-19-23-49-24-20-30)28-43(52-42)32-21-25-50-26-22-32/h3-29H,1-2H3. The molecule has 0 bridgehead atoms. The highest BCUT2D eigenvalue weighted by Crippen LogP contribution is 2.49. The zero-order chi connectivity index (χ0) is 35.5. The van der Waals surface area contributed by atoms with Crippen LogP contribution in [0.1, 0.15) is 25.1 Å². The van der Waals surface area contributed by atoms with Gasteiger partial charge >= 0.3 is 0 Å². The Balaban J connectivity index is 1.12.